The Morgan fingerprint density at radius 3 is 2.50 bits per heavy atom. The molecule has 0 fully saturated rings. The van der Waals surface area contributed by atoms with Crippen LogP contribution in [0.15, 0.2) is 35.2 Å². The van der Waals surface area contributed by atoms with Crippen molar-refractivity contribution in [2.45, 2.75) is 11.8 Å². The normalized spacial score (nSPS) is 10.2. The number of aromatic nitrogens is 2. The number of nitrogens with one attached hydrogen (secondary N) is 2. The molecular formula is C12H15N5S. The minimum absolute atomic E-state index is 0.401. The summed E-state index contributed by atoms with van der Waals surface area (Å²) in [5, 5.41) is 3.21. The van der Waals surface area contributed by atoms with Gasteiger partial charge in [0.05, 0.1) is 0 Å². The number of rotatable bonds is 4. The summed E-state index contributed by atoms with van der Waals surface area (Å²) in [6.45, 7) is 1.89. The van der Waals surface area contributed by atoms with Crippen LogP contribution in [0.5, 0.6) is 0 Å². The highest BCUT2D eigenvalue weighted by molar-refractivity contribution is 7.98. The number of nitrogens with zero attached hydrogens (tertiary/aromatic N) is 2. The molecule has 0 unspecified atom stereocenters. The molecule has 0 spiro atoms. The van der Waals surface area contributed by atoms with Gasteiger partial charge in [-0.2, -0.15) is 4.98 Å². The summed E-state index contributed by atoms with van der Waals surface area (Å²) in [6.07, 6.45) is 2.05. The molecule has 2 rings (SSSR count). The zero-order valence-corrected chi connectivity index (χ0v) is 11.1. The highest BCUT2D eigenvalue weighted by atomic mass is 32.2. The number of nitrogens with two attached hydrogens (primary N) is 1. The van der Waals surface area contributed by atoms with Gasteiger partial charge in [-0.05, 0) is 37.4 Å². The summed E-state index contributed by atoms with van der Waals surface area (Å²) < 4.78 is 0. The summed E-state index contributed by atoms with van der Waals surface area (Å²) in [5.41, 5.74) is 4.28. The maximum Gasteiger partial charge on any atom is 0.239 e. The van der Waals surface area contributed by atoms with Gasteiger partial charge in [-0.3, -0.25) is 5.43 Å². The predicted octanol–water partition coefficient (Wildman–Crippen LogP) is 2.54. The molecule has 0 radical (unpaired) electrons. The lowest BCUT2D eigenvalue weighted by molar-refractivity contribution is 1.07. The Hall–Kier alpha value is -1.79. The van der Waals surface area contributed by atoms with Crippen molar-refractivity contribution in [1.29, 1.82) is 0 Å². The lowest BCUT2D eigenvalue weighted by Gasteiger charge is -2.08. The van der Waals surface area contributed by atoms with E-state index in [0.29, 0.717) is 11.8 Å². The fraction of sp³-hybridized carbons (Fsp3) is 0.167. The summed E-state index contributed by atoms with van der Waals surface area (Å²) >= 11 is 1.71. The third-order valence-electron chi connectivity index (χ3n) is 2.35. The van der Waals surface area contributed by atoms with E-state index in [9.17, 15) is 0 Å². The van der Waals surface area contributed by atoms with Crippen molar-refractivity contribution >= 4 is 29.2 Å². The molecule has 1 aromatic carbocycles. The fourth-order valence-electron chi connectivity index (χ4n) is 1.52. The Morgan fingerprint density at radius 2 is 1.89 bits per heavy atom. The van der Waals surface area contributed by atoms with Crippen LogP contribution in [0.3, 0.4) is 0 Å². The van der Waals surface area contributed by atoms with Crippen LogP contribution in [0.25, 0.3) is 0 Å². The van der Waals surface area contributed by atoms with E-state index in [2.05, 4.69) is 39.1 Å². The van der Waals surface area contributed by atoms with Crippen LogP contribution < -0.4 is 16.6 Å². The van der Waals surface area contributed by atoms with Gasteiger partial charge in [-0.15, -0.1) is 11.8 Å². The summed E-state index contributed by atoms with van der Waals surface area (Å²) in [6, 6.07) is 10.0. The van der Waals surface area contributed by atoms with Gasteiger partial charge in [0.1, 0.15) is 5.82 Å². The molecule has 6 heteroatoms. The second-order valence-electron chi connectivity index (χ2n) is 3.72. The smallest absolute Gasteiger partial charge is 0.239 e. The van der Waals surface area contributed by atoms with E-state index >= 15 is 0 Å². The number of hydrogen-bond acceptors (Lipinski definition) is 6. The molecule has 0 atom stereocenters. The SMILES string of the molecule is CSc1ccc(Nc2cc(C)nc(NN)n2)cc1. The number of aryl methyl sites for hydroxylation is 1. The Kier molecular flexibility index (Phi) is 4.01. The number of hydrazine groups is 1. The molecule has 2 aromatic rings. The van der Waals surface area contributed by atoms with Crippen LogP contribution >= 0.6 is 11.8 Å². The van der Waals surface area contributed by atoms with Gasteiger partial charge in [0.15, 0.2) is 0 Å². The van der Waals surface area contributed by atoms with Crippen molar-refractivity contribution in [2.24, 2.45) is 5.84 Å². The molecule has 1 heterocycles. The maximum atomic E-state index is 5.31. The first-order chi connectivity index (χ1) is 8.71. The standard InChI is InChI=1S/C12H15N5S/c1-8-7-11(16-12(14-8)17-13)15-9-3-5-10(18-2)6-4-9/h3-7H,13H2,1-2H3,(H2,14,15,16,17). The minimum atomic E-state index is 0.401. The van der Waals surface area contributed by atoms with Gasteiger partial charge in [0.2, 0.25) is 5.95 Å². The predicted molar refractivity (Wildman–Crippen MR) is 76.1 cm³/mol. The van der Waals surface area contributed by atoms with E-state index < -0.39 is 0 Å². The number of hydrogen-bond donors (Lipinski definition) is 3. The first kappa shape index (κ1) is 12.7. The lowest BCUT2D eigenvalue weighted by Crippen LogP contribution is -2.11. The molecule has 0 saturated carbocycles. The Bertz CT molecular complexity index is 526. The Morgan fingerprint density at radius 1 is 1.17 bits per heavy atom. The van der Waals surface area contributed by atoms with Gasteiger partial charge in [-0.1, -0.05) is 0 Å². The third-order valence-corrected chi connectivity index (χ3v) is 3.09. The molecule has 5 nitrogen and oxygen atoms in total. The fourth-order valence-corrected chi connectivity index (χ4v) is 1.93. The van der Waals surface area contributed by atoms with Crippen molar-refractivity contribution in [2.75, 3.05) is 17.0 Å². The largest absolute Gasteiger partial charge is 0.340 e. The van der Waals surface area contributed by atoms with Crippen molar-refractivity contribution in [3.63, 3.8) is 0 Å². The van der Waals surface area contributed by atoms with Crippen LogP contribution in [0.1, 0.15) is 5.69 Å². The summed E-state index contributed by atoms with van der Waals surface area (Å²) in [7, 11) is 0. The zero-order valence-electron chi connectivity index (χ0n) is 10.3. The van der Waals surface area contributed by atoms with Crippen LogP contribution in [0.4, 0.5) is 17.5 Å². The molecule has 0 aliphatic heterocycles. The number of nitrogen functional groups attached to an aromatic ring is 1. The first-order valence-corrected chi connectivity index (χ1v) is 6.67. The summed E-state index contributed by atoms with van der Waals surface area (Å²) in [4.78, 5) is 9.58. The molecule has 94 valence electrons. The van der Waals surface area contributed by atoms with Gasteiger partial charge in [-0.25, -0.2) is 10.8 Å². The summed E-state index contributed by atoms with van der Waals surface area (Å²) in [5.74, 6) is 6.43. The quantitative estimate of drug-likeness (QED) is 0.446. The molecule has 4 N–H and O–H groups in total. The van der Waals surface area contributed by atoms with Crippen molar-refractivity contribution in [3.8, 4) is 0 Å². The highest BCUT2D eigenvalue weighted by Gasteiger charge is 2.01. The molecule has 0 aliphatic carbocycles. The van der Waals surface area contributed by atoms with Crippen molar-refractivity contribution in [3.05, 3.63) is 36.0 Å². The molecule has 0 aliphatic rings. The number of benzene rings is 1. The van der Waals surface area contributed by atoms with E-state index in [1.807, 2.05) is 25.1 Å². The van der Waals surface area contributed by atoms with E-state index in [0.717, 1.165) is 11.4 Å². The lowest BCUT2D eigenvalue weighted by atomic mass is 10.3. The van der Waals surface area contributed by atoms with Gasteiger partial charge in [0.25, 0.3) is 0 Å². The highest BCUT2D eigenvalue weighted by Crippen LogP contribution is 2.20. The van der Waals surface area contributed by atoms with E-state index in [-0.39, 0.29) is 0 Å². The monoisotopic (exact) mass is 261 g/mol. The molecule has 18 heavy (non-hydrogen) atoms. The Balaban J connectivity index is 2.19. The Labute approximate surface area is 110 Å². The average molecular weight is 261 g/mol. The van der Waals surface area contributed by atoms with E-state index in [1.54, 1.807) is 11.8 Å². The zero-order chi connectivity index (χ0) is 13.0. The van der Waals surface area contributed by atoms with E-state index in [4.69, 9.17) is 5.84 Å². The molecule has 0 saturated heterocycles. The first-order valence-electron chi connectivity index (χ1n) is 5.44. The molecule has 1 aromatic heterocycles. The van der Waals surface area contributed by atoms with Crippen molar-refractivity contribution < 1.29 is 0 Å². The number of anilines is 3. The van der Waals surface area contributed by atoms with Gasteiger partial charge in [0, 0.05) is 22.3 Å². The second-order valence-corrected chi connectivity index (χ2v) is 4.60. The van der Waals surface area contributed by atoms with Crippen LogP contribution in [-0.4, -0.2) is 16.2 Å². The molecule has 0 amide bonds. The van der Waals surface area contributed by atoms with Gasteiger partial charge >= 0.3 is 0 Å². The maximum absolute atomic E-state index is 5.31. The van der Waals surface area contributed by atoms with Crippen LogP contribution in [0.2, 0.25) is 0 Å². The van der Waals surface area contributed by atoms with Crippen LogP contribution in [0, 0.1) is 6.92 Å². The minimum Gasteiger partial charge on any atom is -0.340 e. The topological polar surface area (TPSA) is 75.9 Å². The second kappa shape index (κ2) is 5.70. The van der Waals surface area contributed by atoms with Crippen molar-refractivity contribution in [1.82, 2.24) is 9.97 Å². The van der Waals surface area contributed by atoms with Gasteiger partial charge < -0.3 is 5.32 Å². The molecule has 0 bridgehead atoms. The van der Waals surface area contributed by atoms with E-state index in [1.165, 1.54) is 4.90 Å². The molecular weight excluding hydrogens is 246 g/mol. The third kappa shape index (κ3) is 3.12. The number of thioether (sulfide) groups is 1. The van der Waals surface area contributed by atoms with Crippen LogP contribution in [-0.2, 0) is 0 Å². The average Bonchev–Trinajstić information content (AvgIpc) is 2.39.